The number of furan rings is 1. The van der Waals surface area contributed by atoms with E-state index in [-0.39, 0.29) is 0 Å². The highest BCUT2D eigenvalue weighted by atomic mass is 16.3. The van der Waals surface area contributed by atoms with Crippen LogP contribution in [0.3, 0.4) is 0 Å². The van der Waals surface area contributed by atoms with Gasteiger partial charge in [0.15, 0.2) is 0 Å². The molecule has 84 valence electrons. The molecule has 0 fully saturated rings. The van der Waals surface area contributed by atoms with E-state index in [1.807, 2.05) is 30.5 Å². The Balaban J connectivity index is 1.99. The van der Waals surface area contributed by atoms with Crippen LogP contribution < -0.4 is 0 Å². The van der Waals surface area contributed by atoms with Crippen LogP contribution in [0.25, 0.3) is 11.3 Å². The lowest BCUT2D eigenvalue weighted by Crippen LogP contribution is -1.93. The summed E-state index contributed by atoms with van der Waals surface area (Å²) in [6.45, 7) is 0. The molecule has 0 saturated carbocycles. The van der Waals surface area contributed by atoms with Crippen molar-refractivity contribution in [1.82, 2.24) is 9.97 Å². The van der Waals surface area contributed by atoms with E-state index < -0.39 is 0 Å². The molecule has 0 aliphatic rings. The van der Waals surface area contributed by atoms with Crippen molar-refractivity contribution in [2.45, 2.75) is 6.42 Å². The van der Waals surface area contributed by atoms with E-state index in [1.54, 1.807) is 12.5 Å². The van der Waals surface area contributed by atoms with Gasteiger partial charge in [-0.2, -0.15) is 0 Å². The number of hydrogen-bond acceptors (Lipinski definition) is 2. The molecule has 0 spiro atoms. The molecule has 17 heavy (non-hydrogen) atoms. The summed E-state index contributed by atoms with van der Waals surface area (Å²) in [7, 11) is 0. The predicted octanol–water partition coefficient (Wildman–Crippen LogP) is 3.26. The summed E-state index contributed by atoms with van der Waals surface area (Å²) >= 11 is 0. The lowest BCUT2D eigenvalue weighted by Gasteiger charge is -2.05. The van der Waals surface area contributed by atoms with Gasteiger partial charge in [-0.3, -0.25) is 0 Å². The van der Waals surface area contributed by atoms with Gasteiger partial charge in [-0.05, 0) is 17.7 Å². The summed E-state index contributed by atoms with van der Waals surface area (Å²) in [5.74, 6) is 1.86. The van der Waals surface area contributed by atoms with Gasteiger partial charge in [0.1, 0.15) is 11.6 Å². The molecular weight excluding hydrogens is 212 g/mol. The van der Waals surface area contributed by atoms with Gasteiger partial charge in [0.2, 0.25) is 0 Å². The monoisotopic (exact) mass is 224 g/mol. The minimum atomic E-state index is 0.782. The smallest absolute Gasteiger partial charge is 0.134 e. The van der Waals surface area contributed by atoms with E-state index in [0.29, 0.717) is 0 Å². The number of aromatic amines is 1. The highest BCUT2D eigenvalue weighted by Crippen LogP contribution is 2.25. The Morgan fingerprint density at radius 3 is 2.82 bits per heavy atom. The number of hydrogen-bond donors (Lipinski definition) is 1. The predicted molar refractivity (Wildman–Crippen MR) is 65.5 cm³/mol. The van der Waals surface area contributed by atoms with Gasteiger partial charge in [0, 0.05) is 24.4 Å². The van der Waals surface area contributed by atoms with E-state index in [0.717, 1.165) is 23.6 Å². The molecule has 0 aliphatic heterocycles. The van der Waals surface area contributed by atoms with Crippen molar-refractivity contribution in [3.05, 3.63) is 66.4 Å². The van der Waals surface area contributed by atoms with Crippen LogP contribution in [0.1, 0.15) is 11.4 Å². The Bertz CT molecular complexity index is 582. The Morgan fingerprint density at radius 2 is 2.06 bits per heavy atom. The number of benzene rings is 1. The Morgan fingerprint density at radius 1 is 1.12 bits per heavy atom. The second-order valence-electron chi connectivity index (χ2n) is 3.85. The maximum Gasteiger partial charge on any atom is 0.134 e. The molecule has 3 nitrogen and oxygen atoms in total. The molecule has 0 bridgehead atoms. The van der Waals surface area contributed by atoms with Crippen molar-refractivity contribution in [3.63, 3.8) is 0 Å². The van der Waals surface area contributed by atoms with Crippen molar-refractivity contribution >= 4 is 0 Å². The van der Waals surface area contributed by atoms with E-state index in [1.165, 1.54) is 5.56 Å². The number of aromatic nitrogens is 2. The average molecular weight is 224 g/mol. The fraction of sp³-hybridized carbons (Fsp3) is 0.0714. The first kappa shape index (κ1) is 9.90. The first-order chi connectivity index (χ1) is 8.43. The third-order valence-corrected chi connectivity index (χ3v) is 2.72. The maximum absolute atomic E-state index is 5.45. The Kier molecular flexibility index (Phi) is 2.50. The largest absolute Gasteiger partial charge is 0.464 e. The second-order valence-corrected chi connectivity index (χ2v) is 3.85. The summed E-state index contributed by atoms with van der Waals surface area (Å²) in [6, 6.07) is 12.1. The highest BCUT2D eigenvalue weighted by molar-refractivity contribution is 5.62. The van der Waals surface area contributed by atoms with Gasteiger partial charge in [-0.1, -0.05) is 24.3 Å². The molecule has 0 aliphatic carbocycles. The molecule has 0 unspecified atom stereocenters. The standard InChI is InChI=1S/C14H12N2O/c1-2-5-12(13-6-3-9-17-13)11(4-1)10-14-15-7-8-16-14/h1-9H,10H2,(H,15,16). The van der Waals surface area contributed by atoms with E-state index >= 15 is 0 Å². The molecule has 3 heteroatoms. The summed E-state index contributed by atoms with van der Waals surface area (Å²) in [5.41, 5.74) is 2.33. The number of rotatable bonds is 3. The van der Waals surface area contributed by atoms with Crippen LogP contribution in [-0.2, 0) is 6.42 Å². The average Bonchev–Trinajstić information content (AvgIpc) is 3.01. The fourth-order valence-corrected chi connectivity index (χ4v) is 1.92. The lowest BCUT2D eigenvalue weighted by molar-refractivity contribution is 0.581. The van der Waals surface area contributed by atoms with Crippen molar-refractivity contribution in [2.75, 3.05) is 0 Å². The minimum absolute atomic E-state index is 0.782. The fourth-order valence-electron chi connectivity index (χ4n) is 1.92. The zero-order chi connectivity index (χ0) is 11.5. The lowest BCUT2D eigenvalue weighted by atomic mass is 10.0. The van der Waals surface area contributed by atoms with Gasteiger partial charge >= 0.3 is 0 Å². The van der Waals surface area contributed by atoms with Crippen molar-refractivity contribution in [3.8, 4) is 11.3 Å². The molecule has 2 heterocycles. The van der Waals surface area contributed by atoms with Crippen molar-refractivity contribution in [1.29, 1.82) is 0 Å². The minimum Gasteiger partial charge on any atom is -0.464 e. The SMILES string of the molecule is c1coc(-c2ccccc2Cc2ncc[nH]2)c1. The van der Waals surface area contributed by atoms with E-state index in [9.17, 15) is 0 Å². The highest BCUT2D eigenvalue weighted by Gasteiger charge is 2.08. The third-order valence-electron chi connectivity index (χ3n) is 2.72. The van der Waals surface area contributed by atoms with Crippen molar-refractivity contribution < 1.29 is 4.42 Å². The summed E-state index contributed by atoms with van der Waals surface area (Å²) < 4.78 is 5.45. The van der Waals surface area contributed by atoms with Crippen LogP contribution in [0.4, 0.5) is 0 Å². The normalized spacial score (nSPS) is 10.6. The molecule has 3 aromatic rings. The number of imidazole rings is 1. The van der Waals surface area contributed by atoms with E-state index in [2.05, 4.69) is 22.1 Å². The molecule has 0 atom stereocenters. The molecule has 2 aromatic heterocycles. The molecule has 0 saturated heterocycles. The number of nitrogens with zero attached hydrogens (tertiary/aromatic N) is 1. The van der Waals surface area contributed by atoms with E-state index in [4.69, 9.17) is 4.42 Å². The van der Waals surface area contributed by atoms with Crippen LogP contribution in [0.2, 0.25) is 0 Å². The molecule has 0 amide bonds. The van der Waals surface area contributed by atoms with Crippen LogP contribution >= 0.6 is 0 Å². The molecule has 3 rings (SSSR count). The maximum atomic E-state index is 5.45. The molecule has 1 N–H and O–H groups in total. The summed E-state index contributed by atoms with van der Waals surface area (Å²) in [6.07, 6.45) is 6.08. The Labute approximate surface area is 99.1 Å². The van der Waals surface area contributed by atoms with Gasteiger partial charge in [0.25, 0.3) is 0 Å². The molecule has 0 radical (unpaired) electrons. The van der Waals surface area contributed by atoms with Gasteiger partial charge < -0.3 is 9.40 Å². The third kappa shape index (κ3) is 1.99. The zero-order valence-electron chi connectivity index (χ0n) is 9.26. The summed E-state index contributed by atoms with van der Waals surface area (Å²) in [5, 5.41) is 0. The van der Waals surface area contributed by atoms with Crippen LogP contribution in [-0.4, -0.2) is 9.97 Å². The van der Waals surface area contributed by atoms with Crippen LogP contribution in [0, 0.1) is 0 Å². The van der Waals surface area contributed by atoms with Crippen molar-refractivity contribution in [2.24, 2.45) is 0 Å². The first-order valence-electron chi connectivity index (χ1n) is 5.53. The van der Waals surface area contributed by atoms with Crippen LogP contribution in [0.15, 0.2) is 59.5 Å². The molecular formula is C14H12N2O. The zero-order valence-corrected chi connectivity index (χ0v) is 9.26. The second kappa shape index (κ2) is 4.29. The molecule has 1 aromatic carbocycles. The topological polar surface area (TPSA) is 41.8 Å². The Hall–Kier alpha value is -2.29. The number of nitrogens with one attached hydrogen (secondary N) is 1. The van der Waals surface area contributed by atoms with Gasteiger partial charge in [0.05, 0.1) is 6.26 Å². The first-order valence-corrected chi connectivity index (χ1v) is 5.53. The van der Waals surface area contributed by atoms with Crippen LogP contribution in [0.5, 0.6) is 0 Å². The summed E-state index contributed by atoms with van der Waals surface area (Å²) in [4.78, 5) is 7.36. The quantitative estimate of drug-likeness (QED) is 0.741. The van der Waals surface area contributed by atoms with Gasteiger partial charge in [-0.15, -0.1) is 0 Å². The number of H-pyrrole nitrogens is 1. The van der Waals surface area contributed by atoms with Gasteiger partial charge in [-0.25, -0.2) is 4.98 Å².